The van der Waals surface area contributed by atoms with E-state index in [1.807, 2.05) is 22.7 Å². The molecule has 0 aliphatic heterocycles. The third-order valence-electron chi connectivity index (χ3n) is 11.3. The van der Waals surface area contributed by atoms with Gasteiger partial charge in [-0.2, -0.15) is 0 Å². The van der Waals surface area contributed by atoms with Crippen LogP contribution in [0.2, 0.25) is 0 Å². The van der Waals surface area contributed by atoms with Crippen LogP contribution in [0.25, 0.3) is 90.1 Å². The fourth-order valence-corrected chi connectivity index (χ4v) is 11.4. The number of hydrogen-bond acceptors (Lipinski definition) is 2. The molecule has 0 amide bonds. The van der Waals surface area contributed by atoms with Crippen molar-refractivity contribution in [3.05, 3.63) is 187 Å². The summed E-state index contributed by atoms with van der Waals surface area (Å²) in [4.78, 5) is 0. The minimum atomic E-state index is 0.193. The van der Waals surface area contributed by atoms with Gasteiger partial charge in [0.15, 0.2) is 0 Å². The predicted molar refractivity (Wildman–Crippen MR) is 225 cm³/mol. The Morgan fingerprint density at radius 2 is 0.942 bits per heavy atom. The number of rotatable bonds is 3. The molecule has 0 bridgehead atoms. The molecule has 1 unspecified atom stereocenters. The highest BCUT2D eigenvalue weighted by atomic mass is 32.1. The van der Waals surface area contributed by atoms with Crippen LogP contribution in [0.3, 0.4) is 0 Å². The molecule has 0 saturated heterocycles. The summed E-state index contributed by atoms with van der Waals surface area (Å²) in [5, 5.41) is 7.95. The number of nitrogens with zero attached hydrogens (tertiary/aromatic N) is 1. The monoisotopic (exact) mass is 695 g/mol. The zero-order chi connectivity index (χ0) is 33.9. The first kappa shape index (κ1) is 28.7. The molecule has 1 nitrogen and oxygen atoms in total. The van der Waals surface area contributed by atoms with Crippen LogP contribution in [0.4, 0.5) is 0 Å². The Hall–Kier alpha value is -6.00. The Kier molecular flexibility index (Phi) is 5.93. The fraction of sp³-hybridized carbons (Fsp3) is 0.0204. The Labute approximate surface area is 308 Å². The fourth-order valence-electron chi connectivity index (χ4n) is 9.11. The molecule has 12 rings (SSSR count). The Morgan fingerprint density at radius 1 is 0.365 bits per heavy atom. The van der Waals surface area contributed by atoms with Crippen LogP contribution in [0.15, 0.2) is 170 Å². The van der Waals surface area contributed by atoms with Gasteiger partial charge in [0, 0.05) is 57.0 Å². The highest BCUT2D eigenvalue weighted by molar-refractivity contribution is 7.26. The molecular weight excluding hydrogens is 667 g/mol. The summed E-state index contributed by atoms with van der Waals surface area (Å²) in [6, 6.07) is 63.5. The lowest BCUT2D eigenvalue weighted by atomic mass is 9.86. The van der Waals surface area contributed by atoms with Gasteiger partial charge in [0.25, 0.3) is 0 Å². The summed E-state index contributed by atoms with van der Waals surface area (Å²) in [6.07, 6.45) is 0. The zero-order valence-corrected chi connectivity index (χ0v) is 29.6. The molecule has 3 heteroatoms. The summed E-state index contributed by atoms with van der Waals surface area (Å²) in [5.74, 6) is 0.193. The molecule has 1 aliphatic rings. The van der Waals surface area contributed by atoms with E-state index in [0.717, 1.165) is 0 Å². The Morgan fingerprint density at radius 3 is 1.79 bits per heavy atom. The molecule has 0 fully saturated rings. The van der Waals surface area contributed by atoms with E-state index in [1.54, 1.807) is 0 Å². The van der Waals surface area contributed by atoms with Crippen molar-refractivity contribution >= 4 is 84.8 Å². The van der Waals surface area contributed by atoms with Gasteiger partial charge in [0.05, 0.1) is 16.7 Å². The van der Waals surface area contributed by atoms with E-state index in [9.17, 15) is 0 Å². The van der Waals surface area contributed by atoms with Crippen LogP contribution in [-0.4, -0.2) is 4.57 Å². The first-order valence-corrected chi connectivity index (χ1v) is 19.5. The topological polar surface area (TPSA) is 4.93 Å². The molecule has 0 N–H and O–H groups in total. The van der Waals surface area contributed by atoms with Crippen molar-refractivity contribution < 1.29 is 0 Å². The molecule has 11 aromatic rings. The lowest BCUT2D eigenvalue weighted by molar-refractivity contribution is 1.03. The van der Waals surface area contributed by atoms with E-state index in [2.05, 4.69) is 174 Å². The molecule has 0 radical (unpaired) electrons. The second-order valence-electron chi connectivity index (χ2n) is 14.0. The number of benzene rings is 8. The van der Waals surface area contributed by atoms with Crippen LogP contribution < -0.4 is 0 Å². The van der Waals surface area contributed by atoms with Gasteiger partial charge >= 0.3 is 0 Å². The lowest BCUT2D eigenvalue weighted by Crippen LogP contribution is -1.99. The number of thiophene rings is 2. The SMILES string of the molecule is c1ccc2c(c1)-c1cc(-c3ccc4c(c3)c3ccccc3n4-c3cccc4sc5ccccc5c34)ccc1C2c1cccc2sc3ccccc3c12. The minimum Gasteiger partial charge on any atom is -0.309 e. The van der Waals surface area contributed by atoms with Gasteiger partial charge in [-0.05, 0) is 93.5 Å². The van der Waals surface area contributed by atoms with Crippen LogP contribution >= 0.6 is 22.7 Å². The second kappa shape index (κ2) is 10.8. The van der Waals surface area contributed by atoms with Gasteiger partial charge in [-0.3, -0.25) is 0 Å². The van der Waals surface area contributed by atoms with Gasteiger partial charge in [-0.15, -0.1) is 22.7 Å². The molecule has 0 spiro atoms. The quantitative estimate of drug-likeness (QED) is 0.173. The molecule has 1 atom stereocenters. The van der Waals surface area contributed by atoms with Crippen molar-refractivity contribution in [1.82, 2.24) is 4.57 Å². The van der Waals surface area contributed by atoms with Crippen molar-refractivity contribution in [2.24, 2.45) is 0 Å². The van der Waals surface area contributed by atoms with E-state index in [1.165, 1.54) is 107 Å². The maximum atomic E-state index is 2.48. The molecule has 52 heavy (non-hydrogen) atoms. The summed E-state index contributed by atoms with van der Waals surface area (Å²) in [7, 11) is 0. The molecule has 3 aromatic heterocycles. The lowest BCUT2D eigenvalue weighted by Gasteiger charge is -2.16. The van der Waals surface area contributed by atoms with Gasteiger partial charge in [-0.1, -0.05) is 115 Å². The highest BCUT2D eigenvalue weighted by Crippen LogP contribution is 2.52. The van der Waals surface area contributed by atoms with Crippen molar-refractivity contribution in [1.29, 1.82) is 0 Å². The van der Waals surface area contributed by atoms with E-state index in [0.29, 0.717) is 0 Å². The van der Waals surface area contributed by atoms with Crippen molar-refractivity contribution in [2.45, 2.75) is 5.92 Å². The van der Waals surface area contributed by atoms with E-state index >= 15 is 0 Å². The van der Waals surface area contributed by atoms with E-state index < -0.39 is 0 Å². The highest BCUT2D eigenvalue weighted by Gasteiger charge is 2.32. The van der Waals surface area contributed by atoms with Crippen molar-refractivity contribution in [3.8, 4) is 27.9 Å². The number of hydrogen-bond donors (Lipinski definition) is 0. The molecule has 1 aliphatic carbocycles. The van der Waals surface area contributed by atoms with Crippen LogP contribution in [0.1, 0.15) is 22.6 Å². The van der Waals surface area contributed by atoms with E-state index in [4.69, 9.17) is 0 Å². The molecular formula is C49H29NS2. The van der Waals surface area contributed by atoms with Crippen LogP contribution in [-0.2, 0) is 0 Å². The number of aromatic nitrogens is 1. The Balaban J connectivity index is 1.05. The first-order chi connectivity index (χ1) is 25.8. The Bertz CT molecular complexity index is 3260. The summed E-state index contributed by atoms with van der Waals surface area (Å²) in [6.45, 7) is 0. The van der Waals surface area contributed by atoms with Crippen molar-refractivity contribution in [2.75, 3.05) is 0 Å². The number of para-hydroxylation sites is 1. The second-order valence-corrected chi connectivity index (χ2v) is 16.1. The molecule has 242 valence electrons. The smallest absolute Gasteiger partial charge is 0.0555 e. The molecule has 3 heterocycles. The normalized spacial score (nSPS) is 14.0. The van der Waals surface area contributed by atoms with Gasteiger partial charge in [0.1, 0.15) is 0 Å². The standard InChI is InChI=1S/C49H29NS2/c1-2-13-33-31(11-1)38-27-29(23-25-34(38)47(33)37-16-9-21-45-48(37)35-14-4-7-19-43(35)51-45)30-24-26-41-39(28-30)32-12-3-6-17-40(32)50(41)42-18-10-22-46-49(42)36-15-5-8-20-44(36)52-46/h1-28,47H. The maximum absolute atomic E-state index is 2.48. The van der Waals surface area contributed by atoms with Gasteiger partial charge in [-0.25, -0.2) is 0 Å². The zero-order valence-electron chi connectivity index (χ0n) is 28.0. The first-order valence-electron chi connectivity index (χ1n) is 17.9. The average Bonchev–Trinajstić information content (AvgIpc) is 3.95. The van der Waals surface area contributed by atoms with E-state index in [-0.39, 0.29) is 5.92 Å². The maximum Gasteiger partial charge on any atom is 0.0555 e. The van der Waals surface area contributed by atoms with Crippen LogP contribution in [0, 0.1) is 0 Å². The van der Waals surface area contributed by atoms with Gasteiger partial charge in [0.2, 0.25) is 0 Å². The van der Waals surface area contributed by atoms with Crippen LogP contribution in [0.5, 0.6) is 0 Å². The van der Waals surface area contributed by atoms with Gasteiger partial charge < -0.3 is 4.57 Å². The summed E-state index contributed by atoms with van der Waals surface area (Å²) >= 11 is 3.77. The summed E-state index contributed by atoms with van der Waals surface area (Å²) in [5.41, 5.74) is 13.1. The minimum absolute atomic E-state index is 0.193. The predicted octanol–water partition coefficient (Wildman–Crippen LogP) is 14.3. The third kappa shape index (κ3) is 3.92. The number of fused-ring (bicyclic) bond motifs is 12. The average molecular weight is 696 g/mol. The molecule has 8 aromatic carbocycles. The largest absolute Gasteiger partial charge is 0.309 e. The van der Waals surface area contributed by atoms with Crippen molar-refractivity contribution in [3.63, 3.8) is 0 Å². The molecule has 0 saturated carbocycles. The third-order valence-corrected chi connectivity index (χ3v) is 13.6. The summed E-state index contributed by atoms with van der Waals surface area (Å²) < 4.78 is 7.84.